The van der Waals surface area contributed by atoms with Gasteiger partial charge >= 0.3 is 0 Å². The molecule has 0 aliphatic heterocycles. The van der Waals surface area contributed by atoms with Crippen molar-refractivity contribution in [2.24, 2.45) is 10.8 Å². The molecule has 0 spiro atoms. The van der Waals surface area contributed by atoms with E-state index in [9.17, 15) is 0 Å². The summed E-state index contributed by atoms with van der Waals surface area (Å²) < 4.78 is 6.19. The maximum absolute atomic E-state index is 5.47. The van der Waals surface area contributed by atoms with Crippen LogP contribution in [0.3, 0.4) is 0 Å². The molecule has 1 atom stereocenters. The molecule has 0 heterocycles. The van der Waals surface area contributed by atoms with E-state index in [-0.39, 0.29) is 6.04 Å². The molecule has 1 rings (SSSR count). The first-order valence-electron chi connectivity index (χ1n) is 5.63. The number of hydrazine groups is 1. The summed E-state index contributed by atoms with van der Waals surface area (Å²) in [7, 11) is 1.65. The summed E-state index contributed by atoms with van der Waals surface area (Å²) in [6.07, 6.45) is 0. The minimum absolute atomic E-state index is 0.0386. The lowest BCUT2D eigenvalue weighted by Gasteiger charge is -2.14. The van der Waals surface area contributed by atoms with Gasteiger partial charge in [-0.25, -0.2) is 10.8 Å². The largest absolute Gasteiger partial charge is 0.382 e. The fourth-order valence-electron chi connectivity index (χ4n) is 1.46. The number of hydrogen-bond acceptors (Lipinski definition) is 3. The van der Waals surface area contributed by atoms with Gasteiger partial charge in [0.2, 0.25) is 5.96 Å². The first kappa shape index (κ1) is 15.2. The molecule has 5 nitrogen and oxygen atoms in total. The Morgan fingerprint density at radius 1 is 1.56 bits per heavy atom. The molecule has 1 aromatic carbocycles. The van der Waals surface area contributed by atoms with Gasteiger partial charge in [-0.2, -0.15) is 0 Å². The summed E-state index contributed by atoms with van der Waals surface area (Å²) in [6.45, 7) is 4.55. The molecule has 0 amide bonds. The lowest BCUT2D eigenvalue weighted by Crippen LogP contribution is -2.37. The van der Waals surface area contributed by atoms with Crippen LogP contribution in [0.4, 0.5) is 5.69 Å². The Bertz CT molecular complexity index is 423. The maximum atomic E-state index is 5.47. The van der Waals surface area contributed by atoms with Gasteiger partial charge in [-0.15, -0.1) is 0 Å². The van der Waals surface area contributed by atoms with E-state index in [1.807, 2.05) is 19.9 Å². The van der Waals surface area contributed by atoms with Crippen LogP contribution in [0.1, 0.15) is 12.5 Å². The number of hydrogen-bond donors (Lipinski definition) is 3. The number of methoxy groups -OCH3 is 1. The summed E-state index contributed by atoms with van der Waals surface area (Å²) in [6, 6.07) is 6.19. The first-order chi connectivity index (χ1) is 8.56. The van der Waals surface area contributed by atoms with Crippen LogP contribution in [0, 0.1) is 10.5 Å². The fourth-order valence-corrected chi connectivity index (χ4v) is 1.95. The topological polar surface area (TPSA) is 71.7 Å². The average Bonchev–Trinajstić information content (AvgIpc) is 2.33. The zero-order valence-corrected chi connectivity index (χ0v) is 13.0. The molecule has 0 aromatic heterocycles. The Morgan fingerprint density at radius 2 is 2.28 bits per heavy atom. The second-order valence-electron chi connectivity index (χ2n) is 4.01. The standard InChI is InChI=1S/C12H19IN4O/c1-8-4-5-10(13)6-11(8)16-12(17-14)15-9(2)7-18-3/h4-6,9H,7,14H2,1-3H3,(H2,15,16,17). The molecule has 0 aliphatic carbocycles. The summed E-state index contributed by atoms with van der Waals surface area (Å²) in [5.41, 5.74) is 4.69. The Kier molecular flexibility index (Phi) is 6.37. The SMILES string of the molecule is COCC(C)N=C(NN)Nc1cc(I)ccc1C. The smallest absolute Gasteiger partial charge is 0.210 e. The molecule has 0 radical (unpaired) electrons. The lowest BCUT2D eigenvalue weighted by atomic mass is 10.2. The van der Waals surface area contributed by atoms with Crippen molar-refractivity contribution < 1.29 is 4.74 Å². The Labute approximate surface area is 121 Å². The van der Waals surface area contributed by atoms with E-state index < -0.39 is 0 Å². The number of halogens is 1. The fraction of sp³-hybridized carbons (Fsp3) is 0.417. The summed E-state index contributed by atoms with van der Waals surface area (Å²) >= 11 is 2.27. The van der Waals surface area contributed by atoms with E-state index in [1.165, 1.54) is 0 Å². The molecular formula is C12H19IN4O. The van der Waals surface area contributed by atoms with Crippen molar-refractivity contribution in [2.45, 2.75) is 19.9 Å². The van der Waals surface area contributed by atoms with Gasteiger partial charge < -0.3 is 10.1 Å². The van der Waals surface area contributed by atoms with Crippen LogP contribution in [0.2, 0.25) is 0 Å². The van der Waals surface area contributed by atoms with Gasteiger partial charge in [-0.05, 0) is 54.1 Å². The van der Waals surface area contributed by atoms with Crippen LogP contribution in [0.5, 0.6) is 0 Å². The zero-order valence-electron chi connectivity index (χ0n) is 10.8. The number of nitrogens with zero attached hydrogens (tertiary/aromatic N) is 1. The maximum Gasteiger partial charge on any atom is 0.210 e. The van der Waals surface area contributed by atoms with Gasteiger partial charge in [0.05, 0.1) is 12.6 Å². The Hall–Kier alpha value is -0.860. The van der Waals surface area contributed by atoms with Gasteiger partial charge in [0.1, 0.15) is 0 Å². The van der Waals surface area contributed by atoms with Crippen LogP contribution < -0.4 is 16.6 Å². The van der Waals surface area contributed by atoms with E-state index in [4.69, 9.17) is 10.6 Å². The normalized spacial score (nSPS) is 13.3. The molecule has 4 N–H and O–H groups in total. The highest BCUT2D eigenvalue weighted by Gasteiger charge is 2.05. The van der Waals surface area contributed by atoms with E-state index in [2.05, 4.69) is 50.5 Å². The summed E-state index contributed by atoms with van der Waals surface area (Å²) in [5.74, 6) is 6.00. The zero-order chi connectivity index (χ0) is 13.5. The van der Waals surface area contributed by atoms with E-state index in [0.29, 0.717) is 12.6 Å². The molecule has 0 bridgehead atoms. The van der Waals surface area contributed by atoms with Crippen LogP contribution in [-0.2, 0) is 4.74 Å². The molecule has 6 heteroatoms. The highest BCUT2D eigenvalue weighted by atomic mass is 127. The predicted molar refractivity (Wildman–Crippen MR) is 83.6 cm³/mol. The number of aliphatic imine (C=N–C) groups is 1. The minimum Gasteiger partial charge on any atom is -0.382 e. The van der Waals surface area contributed by atoms with E-state index in [0.717, 1.165) is 14.8 Å². The van der Waals surface area contributed by atoms with Gasteiger partial charge in [-0.3, -0.25) is 5.43 Å². The number of anilines is 1. The number of rotatable bonds is 4. The number of guanidine groups is 1. The monoisotopic (exact) mass is 362 g/mol. The number of nitrogens with one attached hydrogen (secondary N) is 2. The first-order valence-corrected chi connectivity index (χ1v) is 6.71. The van der Waals surface area contributed by atoms with Crippen LogP contribution in [0.15, 0.2) is 23.2 Å². The Balaban J connectivity index is 2.82. The molecule has 18 heavy (non-hydrogen) atoms. The predicted octanol–water partition coefficient (Wildman–Crippen LogP) is 1.87. The van der Waals surface area contributed by atoms with Crippen molar-refractivity contribution in [3.05, 3.63) is 27.3 Å². The van der Waals surface area contributed by atoms with Gasteiger partial charge in [0, 0.05) is 16.4 Å². The van der Waals surface area contributed by atoms with Gasteiger partial charge in [-0.1, -0.05) is 6.07 Å². The number of benzene rings is 1. The van der Waals surface area contributed by atoms with Crippen LogP contribution >= 0.6 is 22.6 Å². The van der Waals surface area contributed by atoms with Gasteiger partial charge in [0.15, 0.2) is 0 Å². The quantitative estimate of drug-likeness (QED) is 0.251. The number of aryl methyl sites for hydroxylation is 1. The third-order valence-electron chi connectivity index (χ3n) is 2.35. The second-order valence-corrected chi connectivity index (χ2v) is 5.26. The molecule has 0 fully saturated rings. The van der Waals surface area contributed by atoms with Crippen molar-refractivity contribution in [2.75, 3.05) is 19.0 Å². The second kappa shape index (κ2) is 7.55. The lowest BCUT2D eigenvalue weighted by molar-refractivity contribution is 0.185. The molecule has 0 saturated carbocycles. The van der Waals surface area contributed by atoms with E-state index in [1.54, 1.807) is 7.11 Å². The third kappa shape index (κ3) is 4.79. The molecule has 0 aliphatic rings. The highest BCUT2D eigenvalue weighted by Crippen LogP contribution is 2.17. The van der Waals surface area contributed by atoms with Gasteiger partial charge in [0.25, 0.3) is 0 Å². The summed E-state index contributed by atoms with van der Waals surface area (Å²) in [5, 5.41) is 3.18. The van der Waals surface area contributed by atoms with Crippen molar-refractivity contribution in [3.8, 4) is 0 Å². The number of ether oxygens (including phenoxy) is 1. The van der Waals surface area contributed by atoms with Crippen LogP contribution in [0.25, 0.3) is 0 Å². The molecule has 100 valence electrons. The number of nitrogens with two attached hydrogens (primary N) is 1. The molecule has 0 saturated heterocycles. The molecule has 1 aromatic rings. The average molecular weight is 362 g/mol. The summed E-state index contributed by atoms with van der Waals surface area (Å²) in [4.78, 5) is 4.39. The van der Waals surface area contributed by atoms with Crippen LogP contribution in [-0.4, -0.2) is 25.7 Å². The Morgan fingerprint density at radius 3 is 2.89 bits per heavy atom. The highest BCUT2D eigenvalue weighted by molar-refractivity contribution is 14.1. The van der Waals surface area contributed by atoms with Crippen molar-refractivity contribution in [3.63, 3.8) is 0 Å². The van der Waals surface area contributed by atoms with Crippen molar-refractivity contribution in [1.29, 1.82) is 0 Å². The van der Waals surface area contributed by atoms with E-state index >= 15 is 0 Å². The van der Waals surface area contributed by atoms with Crippen molar-refractivity contribution >= 4 is 34.2 Å². The van der Waals surface area contributed by atoms with Crippen molar-refractivity contribution in [1.82, 2.24) is 5.43 Å². The third-order valence-corrected chi connectivity index (χ3v) is 3.02. The molecule has 1 unspecified atom stereocenters. The minimum atomic E-state index is 0.0386. The molecular weight excluding hydrogens is 343 g/mol.